The Hall–Kier alpha value is -2.61. The van der Waals surface area contributed by atoms with E-state index >= 15 is 0 Å². The molecule has 8 heteroatoms. The molecular formula is C20H25N3O5. The van der Waals surface area contributed by atoms with E-state index in [0.717, 1.165) is 18.4 Å². The highest BCUT2D eigenvalue weighted by Crippen LogP contribution is 2.40. The molecule has 1 aliphatic carbocycles. The molecule has 0 aromatic heterocycles. The lowest BCUT2D eigenvalue weighted by molar-refractivity contribution is -0.170. The van der Waals surface area contributed by atoms with Gasteiger partial charge in [0.2, 0.25) is 11.8 Å². The third-order valence-electron chi connectivity index (χ3n) is 5.53. The van der Waals surface area contributed by atoms with Crippen molar-refractivity contribution in [1.82, 2.24) is 15.1 Å². The van der Waals surface area contributed by atoms with Crippen LogP contribution < -0.4 is 10.1 Å². The predicted octanol–water partition coefficient (Wildman–Crippen LogP) is 0.475. The minimum Gasteiger partial charge on any atom is -0.497 e. The highest BCUT2D eigenvalue weighted by Gasteiger charge is 2.48. The van der Waals surface area contributed by atoms with Gasteiger partial charge in [-0.15, -0.1) is 0 Å². The molecule has 0 spiro atoms. The zero-order valence-corrected chi connectivity index (χ0v) is 15.9. The second-order valence-electron chi connectivity index (χ2n) is 7.41. The first-order valence-corrected chi connectivity index (χ1v) is 9.70. The van der Waals surface area contributed by atoms with Crippen molar-refractivity contribution in [2.45, 2.75) is 37.5 Å². The number of nitrogens with zero attached hydrogens (tertiary/aromatic N) is 2. The molecule has 1 aromatic rings. The summed E-state index contributed by atoms with van der Waals surface area (Å²) >= 11 is 0. The second-order valence-corrected chi connectivity index (χ2v) is 7.41. The van der Waals surface area contributed by atoms with E-state index in [1.807, 2.05) is 29.2 Å². The fourth-order valence-electron chi connectivity index (χ4n) is 3.92. The molecule has 28 heavy (non-hydrogen) atoms. The van der Waals surface area contributed by atoms with E-state index in [1.54, 1.807) is 12.0 Å². The number of rotatable bonds is 4. The lowest BCUT2D eigenvalue weighted by Crippen LogP contribution is -2.56. The van der Waals surface area contributed by atoms with E-state index in [2.05, 4.69) is 5.32 Å². The molecule has 150 valence electrons. The first kappa shape index (κ1) is 18.7. The summed E-state index contributed by atoms with van der Waals surface area (Å²) in [5.74, 6) is 0.404. The Morgan fingerprint density at radius 1 is 1.18 bits per heavy atom. The predicted molar refractivity (Wildman–Crippen MR) is 99.5 cm³/mol. The third kappa shape index (κ3) is 3.69. The lowest BCUT2D eigenvalue weighted by atomic mass is 9.96. The zero-order valence-electron chi connectivity index (χ0n) is 15.9. The van der Waals surface area contributed by atoms with Gasteiger partial charge in [-0.25, -0.2) is 0 Å². The normalized spacial score (nSPS) is 25.9. The summed E-state index contributed by atoms with van der Waals surface area (Å²) < 4.78 is 11.0. The lowest BCUT2D eigenvalue weighted by Gasteiger charge is -2.42. The smallest absolute Gasteiger partial charge is 0.254 e. The molecule has 4 rings (SSSR count). The summed E-state index contributed by atoms with van der Waals surface area (Å²) in [5.41, 5.74) is 0.850. The molecular weight excluding hydrogens is 362 g/mol. The Bertz CT molecular complexity index is 762. The van der Waals surface area contributed by atoms with E-state index in [0.29, 0.717) is 25.4 Å². The van der Waals surface area contributed by atoms with E-state index in [1.165, 1.54) is 0 Å². The Labute approximate surface area is 163 Å². The van der Waals surface area contributed by atoms with Crippen LogP contribution in [0.25, 0.3) is 0 Å². The van der Waals surface area contributed by atoms with Gasteiger partial charge < -0.3 is 24.6 Å². The van der Waals surface area contributed by atoms with Crippen LogP contribution in [0.4, 0.5) is 0 Å². The van der Waals surface area contributed by atoms with E-state index < -0.39 is 12.1 Å². The van der Waals surface area contributed by atoms with Crippen molar-refractivity contribution in [3.05, 3.63) is 29.8 Å². The molecule has 1 N–H and O–H groups in total. The summed E-state index contributed by atoms with van der Waals surface area (Å²) in [6.07, 6.45) is 1.39. The summed E-state index contributed by atoms with van der Waals surface area (Å²) in [5, 5.41) is 2.78. The molecule has 3 aliphatic rings. The van der Waals surface area contributed by atoms with Crippen molar-refractivity contribution in [3.8, 4) is 5.75 Å². The number of carbonyl (C=O) groups is 3. The first-order valence-electron chi connectivity index (χ1n) is 9.70. The van der Waals surface area contributed by atoms with Crippen LogP contribution >= 0.6 is 0 Å². The molecule has 0 unspecified atom stereocenters. The Morgan fingerprint density at radius 2 is 1.93 bits per heavy atom. The maximum absolute atomic E-state index is 13.3. The molecule has 8 nitrogen and oxygen atoms in total. The number of hydrogen-bond donors (Lipinski definition) is 1. The summed E-state index contributed by atoms with van der Waals surface area (Å²) in [7, 11) is 1.60. The quantitative estimate of drug-likeness (QED) is 0.812. The maximum atomic E-state index is 13.3. The Morgan fingerprint density at radius 3 is 2.61 bits per heavy atom. The largest absolute Gasteiger partial charge is 0.497 e. The summed E-state index contributed by atoms with van der Waals surface area (Å²) in [6, 6.07) is 7.11. The average molecular weight is 387 g/mol. The van der Waals surface area contributed by atoms with Gasteiger partial charge in [-0.05, 0) is 30.5 Å². The van der Waals surface area contributed by atoms with Crippen LogP contribution in [0, 0.1) is 0 Å². The van der Waals surface area contributed by atoms with Crippen molar-refractivity contribution in [2.24, 2.45) is 0 Å². The standard InChI is InChI=1S/C20H25N3O5/c1-27-15-6-2-13(3-7-15)18-19(28-12-17(25)23(18)14-4-5-14)20(26)22-10-8-16(24)21-9-11-22/h2-3,6-7,14,18-19H,4-5,8-12H2,1H3,(H,21,24)/t18-,19+/m1/s1. The molecule has 2 heterocycles. The van der Waals surface area contributed by atoms with Gasteiger partial charge in [0.15, 0.2) is 6.10 Å². The third-order valence-corrected chi connectivity index (χ3v) is 5.53. The molecule has 1 aromatic carbocycles. The number of amides is 3. The number of ether oxygens (including phenoxy) is 2. The van der Waals surface area contributed by atoms with Crippen LogP contribution in [0.3, 0.4) is 0 Å². The van der Waals surface area contributed by atoms with Crippen molar-refractivity contribution >= 4 is 17.7 Å². The van der Waals surface area contributed by atoms with E-state index in [9.17, 15) is 14.4 Å². The number of carbonyl (C=O) groups excluding carboxylic acids is 3. The van der Waals surface area contributed by atoms with Crippen LogP contribution in [0.2, 0.25) is 0 Å². The number of methoxy groups -OCH3 is 1. The van der Waals surface area contributed by atoms with Gasteiger partial charge in [-0.1, -0.05) is 12.1 Å². The average Bonchev–Trinajstić information content (AvgIpc) is 3.55. The monoisotopic (exact) mass is 387 g/mol. The Kier molecular flexibility index (Phi) is 5.21. The summed E-state index contributed by atoms with van der Waals surface area (Å²) in [4.78, 5) is 41.1. The van der Waals surface area contributed by atoms with Gasteiger partial charge >= 0.3 is 0 Å². The highest BCUT2D eigenvalue weighted by atomic mass is 16.5. The number of nitrogens with one attached hydrogen (secondary N) is 1. The van der Waals surface area contributed by atoms with Crippen LogP contribution in [-0.4, -0.2) is 73.0 Å². The molecule has 3 amide bonds. The van der Waals surface area contributed by atoms with Crippen LogP contribution in [0.5, 0.6) is 5.75 Å². The molecule has 1 saturated carbocycles. The molecule has 2 saturated heterocycles. The van der Waals surface area contributed by atoms with Crippen LogP contribution in [-0.2, 0) is 19.1 Å². The molecule has 0 bridgehead atoms. The fraction of sp³-hybridized carbons (Fsp3) is 0.550. The topological polar surface area (TPSA) is 88.2 Å². The zero-order chi connectivity index (χ0) is 19.7. The van der Waals surface area contributed by atoms with Gasteiger partial charge in [-0.2, -0.15) is 0 Å². The molecule has 2 aliphatic heterocycles. The van der Waals surface area contributed by atoms with Crippen molar-refractivity contribution in [3.63, 3.8) is 0 Å². The minimum atomic E-state index is -0.778. The minimum absolute atomic E-state index is 0.0543. The molecule has 0 radical (unpaired) electrons. The van der Waals surface area contributed by atoms with Gasteiger partial charge in [0, 0.05) is 32.1 Å². The first-order chi connectivity index (χ1) is 13.6. The Balaban J connectivity index is 1.63. The fourth-order valence-corrected chi connectivity index (χ4v) is 3.92. The molecule has 3 fully saturated rings. The van der Waals surface area contributed by atoms with Crippen molar-refractivity contribution in [1.29, 1.82) is 0 Å². The van der Waals surface area contributed by atoms with Crippen molar-refractivity contribution in [2.75, 3.05) is 33.4 Å². The van der Waals surface area contributed by atoms with Crippen LogP contribution in [0.1, 0.15) is 30.9 Å². The second kappa shape index (κ2) is 7.79. The highest BCUT2D eigenvalue weighted by molar-refractivity contribution is 5.87. The van der Waals surface area contributed by atoms with Gasteiger partial charge in [0.1, 0.15) is 12.4 Å². The summed E-state index contributed by atoms with van der Waals surface area (Å²) in [6.45, 7) is 1.13. The number of morpholine rings is 1. The molecule has 2 atom stereocenters. The van der Waals surface area contributed by atoms with E-state index in [-0.39, 0.29) is 36.8 Å². The van der Waals surface area contributed by atoms with Crippen LogP contribution in [0.15, 0.2) is 24.3 Å². The van der Waals surface area contributed by atoms with Gasteiger partial charge in [-0.3, -0.25) is 14.4 Å². The maximum Gasteiger partial charge on any atom is 0.254 e. The SMILES string of the molecule is COc1ccc([C@@H]2[C@@H](C(=O)N3CCNC(=O)CC3)OCC(=O)N2C2CC2)cc1. The number of hydrogen-bond acceptors (Lipinski definition) is 5. The van der Waals surface area contributed by atoms with E-state index in [4.69, 9.17) is 9.47 Å². The van der Waals surface area contributed by atoms with Gasteiger partial charge in [0.05, 0.1) is 13.2 Å². The number of benzene rings is 1. The van der Waals surface area contributed by atoms with Crippen molar-refractivity contribution < 1.29 is 23.9 Å². The van der Waals surface area contributed by atoms with Gasteiger partial charge in [0.25, 0.3) is 5.91 Å².